The summed E-state index contributed by atoms with van der Waals surface area (Å²) in [6, 6.07) is 10.1. The van der Waals surface area contributed by atoms with Gasteiger partial charge in [-0.05, 0) is 37.3 Å². The van der Waals surface area contributed by atoms with E-state index in [-0.39, 0.29) is 10.8 Å². The smallest absolute Gasteiger partial charge is 0.128 e. The largest absolute Gasteiger partial charge is 0.389 e. The second kappa shape index (κ2) is 5.55. The first kappa shape index (κ1) is 13.8. The van der Waals surface area contributed by atoms with Crippen LogP contribution in [-0.4, -0.2) is 4.99 Å². The zero-order valence-corrected chi connectivity index (χ0v) is 11.8. The van der Waals surface area contributed by atoms with E-state index in [4.69, 9.17) is 29.6 Å². The Morgan fingerprint density at radius 1 is 1.32 bits per heavy atom. The second-order valence-corrected chi connectivity index (χ2v) is 4.94. The number of anilines is 2. The SMILES string of the molecule is Cc1c(F)cccc1Nc1ccc(C(N)=S)c(Cl)c1. The van der Waals surface area contributed by atoms with Crippen LogP contribution in [0.25, 0.3) is 0 Å². The van der Waals surface area contributed by atoms with Gasteiger partial charge in [0.1, 0.15) is 10.8 Å². The Morgan fingerprint density at radius 2 is 2.05 bits per heavy atom. The molecular formula is C14H12ClFN2S. The van der Waals surface area contributed by atoms with Crippen molar-refractivity contribution >= 4 is 40.2 Å². The lowest BCUT2D eigenvalue weighted by Crippen LogP contribution is -2.10. The molecule has 0 spiro atoms. The quantitative estimate of drug-likeness (QED) is 0.835. The van der Waals surface area contributed by atoms with Crippen molar-refractivity contribution in [1.82, 2.24) is 0 Å². The highest BCUT2D eigenvalue weighted by molar-refractivity contribution is 7.80. The molecule has 3 N–H and O–H groups in total. The third kappa shape index (κ3) is 3.03. The third-order valence-electron chi connectivity index (χ3n) is 2.78. The number of halogens is 2. The average Bonchev–Trinajstić information content (AvgIpc) is 2.34. The van der Waals surface area contributed by atoms with Crippen molar-refractivity contribution in [2.24, 2.45) is 5.73 Å². The highest BCUT2D eigenvalue weighted by atomic mass is 35.5. The number of hydrogen-bond acceptors (Lipinski definition) is 2. The minimum Gasteiger partial charge on any atom is -0.389 e. The summed E-state index contributed by atoms with van der Waals surface area (Å²) in [4.78, 5) is 0.249. The molecule has 2 aromatic rings. The van der Waals surface area contributed by atoms with Crippen LogP contribution in [0.1, 0.15) is 11.1 Å². The molecule has 0 amide bonds. The normalized spacial score (nSPS) is 10.3. The minimum absolute atomic E-state index is 0.249. The van der Waals surface area contributed by atoms with E-state index in [2.05, 4.69) is 5.32 Å². The Kier molecular flexibility index (Phi) is 4.02. The number of nitrogens with one attached hydrogen (secondary N) is 1. The molecule has 0 bridgehead atoms. The maximum Gasteiger partial charge on any atom is 0.128 e. The van der Waals surface area contributed by atoms with Crippen LogP contribution in [0.2, 0.25) is 5.02 Å². The van der Waals surface area contributed by atoms with E-state index in [0.29, 0.717) is 21.8 Å². The van der Waals surface area contributed by atoms with E-state index < -0.39 is 0 Å². The maximum absolute atomic E-state index is 13.4. The van der Waals surface area contributed by atoms with Crippen LogP contribution >= 0.6 is 23.8 Å². The van der Waals surface area contributed by atoms with Crippen molar-refractivity contribution in [2.75, 3.05) is 5.32 Å². The van der Waals surface area contributed by atoms with Gasteiger partial charge in [0.2, 0.25) is 0 Å². The van der Waals surface area contributed by atoms with Gasteiger partial charge in [-0.3, -0.25) is 0 Å². The van der Waals surface area contributed by atoms with Crippen LogP contribution in [0.4, 0.5) is 15.8 Å². The molecule has 5 heteroatoms. The lowest BCUT2D eigenvalue weighted by molar-refractivity contribution is 0.619. The predicted molar refractivity (Wildman–Crippen MR) is 81.8 cm³/mol. The van der Waals surface area contributed by atoms with E-state index in [1.165, 1.54) is 6.07 Å². The molecule has 2 rings (SSSR count). The topological polar surface area (TPSA) is 38.0 Å². The second-order valence-electron chi connectivity index (χ2n) is 4.10. The summed E-state index contributed by atoms with van der Waals surface area (Å²) >= 11 is 11.0. The molecule has 0 aliphatic carbocycles. The van der Waals surface area contributed by atoms with Gasteiger partial charge in [-0.25, -0.2) is 4.39 Å². The Hall–Kier alpha value is -1.65. The van der Waals surface area contributed by atoms with E-state index in [0.717, 1.165) is 5.69 Å². The van der Waals surface area contributed by atoms with E-state index >= 15 is 0 Å². The van der Waals surface area contributed by atoms with Crippen LogP contribution in [0.15, 0.2) is 36.4 Å². The lowest BCUT2D eigenvalue weighted by Gasteiger charge is -2.11. The first-order chi connectivity index (χ1) is 8.99. The van der Waals surface area contributed by atoms with E-state index in [1.54, 1.807) is 37.3 Å². The van der Waals surface area contributed by atoms with Crippen LogP contribution < -0.4 is 11.1 Å². The fourth-order valence-corrected chi connectivity index (χ4v) is 2.21. The molecule has 98 valence electrons. The Balaban J connectivity index is 2.32. The number of nitrogens with two attached hydrogens (primary N) is 1. The molecular weight excluding hydrogens is 283 g/mol. The van der Waals surface area contributed by atoms with Gasteiger partial charge in [-0.1, -0.05) is 29.9 Å². The Labute approximate surface area is 121 Å². The molecule has 2 aromatic carbocycles. The molecule has 2 nitrogen and oxygen atoms in total. The summed E-state index contributed by atoms with van der Waals surface area (Å²) in [5.41, 5.74) is 8.16. The number of benzene rings is 2. The van der Waals surface area contributed by atoms with Crippen LogP contribution in [-0.2, 0) is 0 Å². The first-order valence-electron chi connectivity index (χ1n) is 5.60. The summed E-state index contributed by atoms with van der Waals surface area (Å²) in [6.45, 7) is 1.71. The fourth-order valence-electron chi connectivity index (χ4n) is 1.69. The molecule has 0 atom stereocenters. The summed E-state index contributed by atoms with van der Waals surface area (Å²) in [5.74, 6) is -0.254. The maximum atomic E-state index is 13.4. The van der Waals surface area contributed by atoms with Crippen LogP contribution in [0, 0.1) is 12.7 Å². The summed E-state index contributed by atoms with van der Waals surface area (Å²) < 4.78 is 13.4. The molecule has 0 aliphatic rings. The third-order valence-corrected chi connectivity index (χ3v) is 3.31. The van der Waals surface area contributed by atoms with Gasteiger partial charge >= 0.3 is 0 Å². The molecule has 0 saturated heterocycles. The predicted octanol–water partition coefficient (Wildman–Crippen LogP) is 4.17. The van der Waals surface area contributed by atoms with Gasteiger partial charge in [-0.15, -0.1) is 0 Å². The zero-order valence-electron chi connectivity index (χ0n) is 10.2. The highest BCUT2D eigenvalue weighted by Gasteiger charge is 2.07. The van der Waals surface area contributed by atoms with Crippen molar-refractivity contribution in [3.05, 3.63) is 58.4 Å². The van der Waals surface area contributed by atoms with Gasteiger partial charge in [0.25, 0.3) is 0 Å². The first-order valence-corrected chi connectivity index (χ1v) is 6.39. The van der Waals surface area contributed by atoms with Gasteiger partial charge in [-0.2, -0.15) is 0 Å². The van der Waals surface area contributed by atoms with Crippen molar-refractivity contribution in [3.8, 4) is 0 Å². The highest BCUT2D eigenvalue weighted by Crippen LogP contribution is 2.26. The molecule has 0 radical (unpaired) electrons. The summed E-state index contributed by atoms with van der Waals surface area (Å²) in [5, 5.41) is 3.58. The summed E-state index contributed by atoms with van der Waals surface area (Å²) in [7, 11) is 0. The van der Waals surface area contributed by atoms with Gasteiger partial charge in [0.15, 0.2) is 0 Å². The Morgan fingerprint density at radius 3 is 2.68 bits per heavy atom. The zero-order chi connectivity index (χ0) is 14.0. The van der Waals surface area contributed by atoms with Crippen LogP contribution in [0.3, 0.4) is 0 Å². The summed E-state index contributed by atoms with van der Waals surface area (Å²) in [6.07, 6.45) is 0. The van der Waals surface area contributed by atoms with E-state index in [1.807, 2.05) is 0 Å². The van der Waals surface area contributed by atoms with Gasteiger partial charge < -0.3 is 11.1 Å². The van der Waals surface area contributed by atoms with Crippen LogP contribution in [0.5, 0.6) is 0 Å². The van der Waals surface area contributed by atoms with Crippen molar-refractivity contribution in [3.63, 3.8) is 0 Å². The van der Waals surface area contributed by atoms with Crippen molar-refractivity contribution in [2.45, 2.75) is 6.92 Å². The van der Waals surface area contributed by atoms with E-state index in [9.17, 15) is 4.39 Å². The molecule has 0 saturated carbocycles. The number of thiocarbonyl (C=S) groups is 1. The molecule has 19 heavy (non-hydrogen) atoms. The lowest BCUT2D eigenvalue weighted by atomic mass is 10.1. The molecule has 0 fully saturated rings. The fraction of sp³-hybridized carbons (Fsp3) is 0.0714. The van der Waals surface area contributed by atoms with Gasteiger partial charge in [0.05, 0.1) is 5.02 Å². The van der Waals surface area contributed by atoms with Crippen molar-refractivity contribution in [1.29, 1.82) is 0 Å². The van der Waals surface area contributed by atoms with Gasteiger partial charge in [0, 0.05) is 22.5 Å². The number of rotatable bonds is 3. The Bertz CT molecular complexity index is 643. The average molecular weight is 295 g/mol. The van der Waals surface area contributed by atoms with Crippen molar-refractivity contribution < 1.29 is 4.39 Å². The number of hydrogen-bond donors (Lipinski definition) is 2. The molecule has 0 aromatic heterocycles. The standard InChI is InChI=1S/C14H12ClFN2S/c1-8-12(16)3-2-4-13(8)18-9-5-6-10(14(17)19)11(15)7-9/h2-7,18H,1H3,(H2,17,19). The molecule has 0 aliphatic heterocycles. The molecule has 0 unspecified atom stereocenters. The monoisotopic (exact) mass is 294 g/mol. The molecule has 0 heterocycles. The minimum atomic E-state index is -0.254.